The average molecular weight is 362 g/mol. The van der Waals surface area contributed by atoms with Crippen LogP contribution in [0.3, 0.4) is 0 Å². The summed E-state index contributed by atoms with van der Waals surface area (Å²) in [5.41, 5.74) is 5.79. The van der Waals surface area contributed by atoms with Gasteiger partial charge in [-0.2, -0.15) is 0 Å². The van der Waals surface area contributed by atoms with Crippen LogP contribution in [0.1, 0.15) is 46.3 Å². The number of sulfonamides is 1. The van der Waals surface area contributed by atoms with E-state index in [1.165, 1.54) is 5.56 Å². The lowest BCUT2D eigenvalue weighted by Gasteiger charge is -2.20. The summed E-state index contributed by atoms with van der Waals surface area (Å²) in [5.74, 6) is 0.659. The molecule has 0 aliphatic carbocycles. The molecule has 2 aromatic rings. The van der Waals surface area contributed by atoms with E-state index in [4.69, 9.17) is 4.74 Å². The van der Waals surface area contributed by atoms with Crippen LogP contribution < -0.4 is 9.46 Å². The van der Waals surface area contributed by atoms with Crippen molar-refractivity contribution in [2.75, 3.05) is 7.11 Å². The second kappa shape index (κ2) is 7.18. The Morgan fingerprint density at radius 2 is 1.36 bits per heavy atom. The summed E-state index contributed by atoms with van der Waals surface area (Å²) in [6.07, 6.45) is 0. The Labute approximate surface area is 151 Å². The number of aryl methyl sites for hydroxylation is 5. The number of hydrogen-bond donors (Lipinski definition) is 1. The summed E-state index contributed by atoms with van der Waals surface area (Å²) < 4.78 is 34.0. The molecule has 0 aliphatic rings. The van der Waals surface area contributed by atoms with Crippen LogP contribution in [0.15, 0.2) is 29.2 Å². The lowest BCUT2D eigenvalue weighted by atomic mass is 9.97. The van der Waals surface area contributed by atoms with Crippen molar-refractivity contribution in [3.8, 4) is 5.75 Å². The van der Waals surface area contributed by atoms with Gasteiger partial charge < -0.3 is 4.74 Å². The first kappa shape index (κ1) is 19.5. The molecule has 0 unspecified atom stereocenters. The van der Waals surface area contributed by atoms with Gasteiger partial charge in [-0.3, -0.25) is 0 Å². The van der Waals surface area contributed by atoms with E-state index < -0.39 is 10.0 Å². The van der Waals surface area contributed by atoms with Crippen molar-refractivity contribution >= 4 is 10.0 Å². The van der Waals surface area contributed by atoms with Gasteiger partial charge in [-0.15, -0.1) is 0 Å². The molecular weight excluding hydrogens is 334 g/mol. The third-order valence-electron chi connectivity index (χ3n) is 4.62. The molecule has 0 saturated carbocycles. The fourth-order valence-electron chi connectivity index (χ4n) is 3.26. The highest BCUT2D eigenvalue weighted by molar-refractivity contribution is 7.89. The minimum atomic E-state index is -3.64. The van der Waals surface area contributed by atoms with Crippen molar-refractivity contribution in [2.24, 2.45) is 0 Å². The second-order valence-corrected chi connectivity index (χ2v) is 8.38. The van der Waals surface area contributed by atoms with Gasteiger partial charge in [0, 0.05) is 6.04 Å². The van der Waals surface area contributed by atoms with Gasteiger partial charge in [-0.25, -0.2) is 13.1 Å². The predicted molar refractivity (Wildman–Crippen MR) is 102 cm³/mol. The zero-order valence-electron chi connectivity index (χ0n) is 16.0. The zero-order valence-corrected chi connectivity index (χ0v) is 16.8. The van der Waals surface area contributed by atoms with Crippen molar-refractivity contribution < 1.29 is 13.2 Å². The molecule has 0 aromatic heterocycles. The monoisotopic (exact) mass is 361 g/mol. The van der Waals surface area contributed by atoms with Crippen LogP contribution in [0.5, 0.6) is 5.75 Å². The first-order valence-corrected chi connectivity index (χ1v) is 9.80. The largest absolute Gasteiger partial charge is 0.497 e. The molecule has 0 saturated heterocycles. The molecule has 25 heavy (non-hydrogen) atoms. The van der Waals surface area contributed by atoms with E-state index in [2.05, 4.69) is 23.8 Å². The van der Waals surface area contributed by atoms with E-state index in [0.717, 1.165) is 16.7 Å². The molecule has 2 aromatic carbocycles. The van der Waals surface area contributed by atoms with Crippen LogP contribution in [-0.2, 0) is 10.0 Å². The van der Waals surface area contributed by atoms with Gasteiger partial charge in [0.05, 0.1) is 12.0 Å². The second-order valence-electron chi connectivity index (χ2n) is 6.73. The van der Waals surface area contributed by atoms with Gasteiger partial charge >= 0.3 is 0 Å². The smallest absolute Gasteiger partial charge is 0.241 e. The van der Waals surface area contributed by atoms with Crippen LogP contribution >= 0.6 is 0 Å². The number of methoxy groups -OCH3 is 1. The molecule has 0 bridgehead atoms. The van der Waals surface area contributed by atoms with E-state index in [-0.39, 0.29) is 6.04 Å². The molecule has 0 spiro atoms. The van der Waals surface area contributed by atoms with E-state index in [0.29, 0.717) is 21.8 Å². The van der Waals surface area contributed by atoms with Gasteiger partial charge in [-0.05, 0) is 87.1 Å². The van der Waals surface area contributed by atoms with E-state index in [1.54, 1.807) is 33.1 Å². The molecule has 0 fully saturated rings. The van der Waals surface area contributed by atoms with Crippen molar-refractivity contribution in [3.05, 3.63) is 57.6 Å². The predicted octanol–water partition coefficient (Wildman–Crippen LogP) is 4.28. The van der Waals surface area contributed by atoms with Gasteiger partial charge in [0.25, 0.3) is 0 Å². The Kier molecular flexibility index (Phi) is 5.59. The number of ether oxygens (including phenoxy) is 1. The first-order chi connectivity index (χ1) is 11.6. The maximum absolute atomic E-state index is 13.0. The van der Waals surface area contributed by atoms with Crippen molar-refractivity contribution in [2.45, 2.75) is 52.5 Å². The highest BCUT2D eigenvalue weighted by Crippen LogP contribution is 2.28. The molecule has 5 heteroatoms. The topological polar surface area (TPSA) is 55.4 Å². The lowest BCUT2D eigenvalue weighted by molar-refractivity contribution is 0.413. The molecule has 1 N–H and O–H groups in total. The Hall–Kier alpha value is -1.85. The molecule has 4 nitrogen and oxygen atoms in total. The highest BCUT2D eigenvalue weighted by Gasteiger charge is 2.24. The maximum atomic E-state index is 13.0. The average Bonchev–Trinajstić information content (AvgIpc) is 2.49. The number of hydrogen-bond acceptors (Lipinski definition) is 3. The summed E-state index contributed by atoms with van der Waals surface area (Å²) in [6.45, 7) is 11.6. The highest BCUT2D eigenvalue weighted by atomic mass is 32.2. The summed E-state index contributed by atoms with van der Waals surface area (Å²) in [7, 11) is -2.06. The zero-order chi connectivity index (χ0) is 18.9. The Bertz CT molecular complexity index is 878. The Morgan fingerprint density at radius 1 is 0.840 bits per heavy atom. The van der Waals surface area contributed by atoms with Crippen LogP contribution in [0.2, 0.25) is 0 Å². The van der Waals surface area contributed by atoms with Crippen molar-refractivity contribution in [1.82, 2.24) is 4.72 Å². The summed E-state index contributed by atoms with van der Waals surface area (Å²) in [4.78, 5) is 0.321. The standard InChI is InChI=1S/C20H27NO3S/c1-12-8-14(3)19(11-13(12)2)17(6)21-25(22,23)20-15(4)9-18(24-7)10-16(20)5/h8-11,17,21H,1-7H3/t17-/m0/s1. The van der Waals surface area contributed by atoms with Crippen LogP contribution in [-0.4, -0.2) is 15.5 Å². The Balaban J connectivity index is 2.41. The summed E-state index contributed by atoms with van der Waals surface area (Å²) in [5, 5.41) is 0. The third-order valence-corrected chi connectivity index (χ3v) is 6.46. The SMILES string of the molecule is COc1cc(C)c(S(=O)(=O)N[C@@H](C)c2cc(C)c(C)cc2C)c(C)c1. The summed E-state index contributed by atoms with van der Waals surface area (Å²) in [6, 6.07) is 7.33. The minimum absolute atomic E-state index is 0.315. The number of rotatable bonds is 5. The van der Waals surface area contributed by atoms with E-state index >= 15 is 0 Å². The molecule has 0 heterocycles. The first-order valence-electron chi connectivity index (χ1n) is 8.32. The molecular formula is C20H27NO3S. The fraction of sp³-hybridized carbons (Fsp3) is 0.400. The minimum Gasteiger partial charge on any atom is -0.497 e. The molecule has 136 valence electrons. The van der Waals surface area contributed by atoms with Crippen LogP contribution in [0.25, 0.3) is 0 Å². The van der Waals surface area contributed by atoms with Crippen LogP contribution in [0.4, 0.5) is 0 Å². The van der Waals surface area contributed by atoms with Crippen LogP contribution in [0, 0.1) is 34.6 Å². The molecule has 0 aliphatic heterocycles. The van der Waals surface area contributed by atoms with Crippen molar-refractivity contribution in [1.29, 1.82) is 0 Å². The van der Waals surface area contributed by atoms with Crippen molar-refractivity contribution in [3.63, 3.8) is 0 Å². The fourth-order valence-corrected chi connectivity index (χ4v) is 4.93. The number of benzene rings is 2. The van der Waals surface area contributed by atoms with Gasteiger partial charge in [0.1, 0.15) is 5.75 Å². The summed E-state index contributed by atoms with van der Waals surface area (Å²) >= 11 is 0. The molecule has 0 radical (unpaired) electrons. The van der Waals surface area contributed by atoms with E-state index in [1.807, 2.05) is 20.8 Å². The van der Waals surface area contributed by atoms with Gasteiger partial charge in [0.15, 0.2) is 0 Å². The van der Waals surface area contributed by atoms with Gasteiger partial charge in [-0.1, -0.05) is 12.1 Å². The third kappa shape index (κ3) is 4.05. The Morgan fingerprint density at radius 3 is 1.88 bits per heavy atom. The molecule has 1 atom stereocenters. The van der Waals surface area contributed by atoms with E-state index in [9.17, 15) is 8.42 Å². The molecule has 2 rings (SSSR count). The quantitative estimate of drug-likeness (QED) is 0.865. The van der Waals surface area contributed by atoms with Gasteiger partial charge in [0.2, 0.25) is 10.0 Å². The maximum Gasteiger partial charge on any atom is 0.241 e. The molecule has 0 amide bonds. The normalized spacial score (nSPS) is 12.9. The number of nitrogens with one attached hydrogen (secondary N) is 1. The lowest BCUT2D eigenvalue weighted by Crippen LogP contribution is -2.28.